The molecule has 0 aliphatic carbocycles. The van der Waals surface area contributed by atoms with E-state index >= 15 is 0 Å². The van der Waals surface area contributed by atoms with Gasteiger partial charge in [-0.1, -0.05) is 42.5 Å². The van der Waals surface area contributed by atoms with Crippen molar-refractivity contribution in [3.8, 4) is 11.5 Å². The minimum absolute atomic E-state index is 0.123. The predicted octanol–water partition coefficient (Wildman–Crippen LogP) is 2.48. The van der Waals surface area contributed by atoms with Crippen LogP contribution in [-0.4, -0.2) is 34.7 Å². The quantitative estimate of drug-likeness (QED) is 0.717. The number of benzene rings is 2. The first-order valence-corrected chi connectivity index (χ1v) is 9.19. The van der Waals surface area contributed by atoms with Crippen molar-refractivity contribution in [3.05, 3.63) is 93.4 Å². The predicted molar refractivity (Wildman–Crippen MR) is 109 cm³/mol. The van der Waals surface area contributed by atoms with E-state index in [2.05, 4.69) is 5.43 Å². The van der Waals surface area contributed by atoms with Crippen molar-refractivity contribution in [1.82, 2.24) is 9.58 Å². The Bertz CT molecular complexity index is 1090. The van der Waals surface area contributed by atoms with E-state index in [4.69, 9.17) is 4.74 Å². The fourth-order valence-corrected chi connectivity index (χ4v) is 3.45. The lowest BCUT2D eigenvalue weighted by atomic mass is 9.95. The van der Waals surface area contributed by atoms with Crippen molar-refractivity contribution < 1.29 is 14.6 Å². The summed E-state index contributed by atoms with van der Waals surface area (Å²) in [6.45, 7) is 0.421. The molecule has 29 heavy (non-hydrogen) atoms. The Balaban J connectivity index is 1.88. The summed E-state index contributed by atoms with van der Waals surface area (Å²) in [5.74, 6) is -0.351. The van der Waals surface area contributed by atoms with Gasteiger partial charge in [-0.25, -0.2) is 0 Å². The van der Waals surface area contributed by atoms with Gasteiger partial charge in [-0.2, -0.15) is 0 Å². The van der Waals surface area contributed by atoms with E-state index in [0.29, 0.717) is 6.61 Å². The fourth-order valence-electron chi connectivity index (χ4n) is 3.45. The zero-order valence-electron chi connectivity index (χ0n) is 16.1. The Morgan fingerprint density at radius 3 is 2.55 bits per heavy atom. The molecule has 2 N–H and O–H groups in total. The zero-order valence-corrected chi connectivity index (χ0v) is 16.1. The molecule has 1 amide bonds. The van der Waals surface area contributed by atoms with Crippen LogP contribution in [0.15, 0.2) is 65.6 Å². The standard InChI is InChI=1S/C22H21N3O4/c1-24(2)22(28)20-21(27)17(26)11-12-25(20)23-19-15-8-4-3-7-14(15)13-29-18-10-6-5-9-16(18)19/h3-12,19,23,27H,13H2,1-2H3. The second kappa shape index (κ2) is 7.35. The minimum atomic E-state index is -0.613. The summed E-state index contributed by atoms with van der Waals surface area (Å²) in [6.07, 6.45) is 1.45. The third kappa shape index (κ3) is 3.31. The van der Waals surface area contributed by atoms with Crippen LogP contribution < -0.4 is 15.6 Å². The number of para-hydroxylation sites is 1. The topological polar surface area (TPSA) is 83.8 Å². The number of aromatic nitrogens is 1. The molecule has 7 heteroatoms. The molecule has 148 valence electrons. The van der Waals surface area contributed by atoms with Gasteiger partial charge < -0.3 is 20.2 Å². The molecular weight excluding hydrogens is 370 g/mol. The maximum Gasteiger partial charge on any atom is 0.275 e. The lowest BCUT2D eigenvalue weighted by molar-refractivity contribution is 0.0813. The summed E-state index contributed by atoms with van der Waals surface area (Å²) in [6, 6.07) is 16.4. The van der Waals surface area contributed by atoms with Gasteiger partial charge in [0.1, 0.15) is 12.4 Å². The molecule has 1 unspecified atom stereocenters. The number of carbonyl (C=O) groups is 1. The molecule has 7 nitrogen and oxygen atoms in total. The molecule has 0 fully saturated rings. The van der Waals surface area contributed by atoms with Gasteiger partial charge in [0, 0.05) is 31.9 Å². The molecule has 2 aromatic carbocycles. The molecule has 1 atom stereocenters. The van der Waals surface area contributed by atoms with Crippen LogP contribution in [0.1, 0.15) is 33.2 Å². The number of nitrogens with one attached hydrogen (secondary N) is 1. The fraction of sp³-hybridized carbons (Fsp3) is 0.182. The lowest BCUT2D eigenvalue weighted by Gasteiger charge is -2.26. The number of aromatic hydroxyl groups is 1. The van der Waals surface area contributed by atoms with Crippen molar-refractivity contribution in [1.29, 1.82) is 0 Å². The minimum Gasteiger partial charge on any atom is -0.502 e. The normalized spacial score (nSPS) is 14.8. The van der Waals surface area contributed by atoms with Crippen LogP contribution in [0.5, 0.6) is 11.5 Å². The highest BCUT2D eigenvalue weighted by Gasteiger charge is 2.27. The van der Waals surface area contributed by atoms with E-state index in [1.165, 1.54) is 21.8 Å². The maximum atomic E-state index is 12.7. The van der Waals surface area contributed by atoms with Gasteiger partial charge in [-0.05, 0) is 17.2 Å². The summed E-state index contributed by atoms with van der Waals surface area (Å²) in [7, 11) is 3.13. The molecule has 3 aromatic rings. The Morgan fingerprint density at radius 1 is 1.10 bits per heavy atom. The average molecular weight is 391 g/mol. The molecule has 1 aliphatic heterocycles. The van der Waals surface area contributed by atoms with Gasteiger partial charge >= 0.3 is 0 Å². The largest absolute Gasteiger partial charge is 0.502 e. The summed E-state index contributed by atoms with van der Waals surface area (Å²) < 4.78 is 7.38. The van der Waals surface area contributed by atoms with Crippen molar-refractivity contribution >= 4 is 5.91 Å². The van der Waals surface area contributed by atoms with Crippen LogP contribution in [0.25, 0.3) is 0 Å². The van der Waals surface area contributed by atoms with E-state index in [1.807, 2.05) is 48.5 Å². The van der Waals surface area contributed by atoms with Crippen LogP contribution in [0.3, 0.4) is 0 Å². The molecule has 4 rings (SSSR count). The van der Waals surface area contributed by atoms with E-state index in [9.17, 15) is 14.7 Å². The first-order valence-electron chi connectivity index (χ1n) is 9.19. The summed E-state index contributed by atoms with van der Waals surface area (Å²) >= 11 is 0. The zero-order chi connectivity index (χ0) is 20.5. The molecule has 0 radical (unpaired) electrons. The number of amides is 1. The van der Waals surface area contributed by atoms with Gasteiger partial charge in [-0.3, -0.25) is 14.3 Å². The molecule has 0 spiro atoms. The molecular formula is C22H21N3O4. The number of rotatable bonds is 3. The van der Waals surface area contributed by atoms with Crippen molar-refractivity contribution in [3.63, 3.8) is 0 Å². The number of hydrogen-bond donors (Lipinski definition) is 2. The van der Waals surface area contributed by atoms with Gasteiger partial charge in [0.05, 0.1) is 6.04 Å². The second-order valence-corrected chi connectivity index (χ2v) is 7.03. The van der Waals surface area contributed by atoms with E-state index < -0.39 is 17.1 Å². The monoisotopic (exact) mass is 391 g/mol. The van der Waals surface area contributed by atoms with Gasteiger partial charge in [0.15, 0.2) is 11.4 Å². The van der Waals surface area contributed by atoms with Crippen LogP contribution >= 0.6 is 0 Å². The number of fused-ring (bicyclic) bond motifs is 2. The Morgan fingerprint density at radius 2 is 1.79 bits per heavy atom. The number of hydrogen-bond acceptors (Lipinski definition) is 5. The van der Waals surface area contributed by atoms with Gasteiger partial charge in [0.2, 0.25) is 5.43 Å². The first kappa shape index (κ1) is 18.6. The lowest BCUT2D eigenvalue weighted by Crippen LogP contribution is -2.33. The Hall–Kier alpha value is -3.74. The Kier molecular flexibility index (Phi) is 4.72. The number of ether oxygens (including phenoxy) is 1. The molecule has 0 saturated heterocycles. The molecule has 0 bridgehead atoms. The molecule has 0 saturated carbocycles. The van der Waals surface area contributed by atoms with Crippen molar-refractivity contribution in [2.24, 2.45) is 0 Å². The summed E-state index contributed by atoms with van der Waals surface area (Å²) in [4.78, 5) is 26.0. The Labute approximate surface area is 167 Å². The number of carbonyl (C=O) groups excluding carboxylic acids is 1. The number of pyridine rings is 1. The highest BCUT2D eigenvalue weighted by atomic mass is 16.5. The van der Waals surface area contributed by atoms with Crippen LogP contribution in [0.2, 0.25) is 0 Å². The smallest absolute Gasteiger partial charge is 0.275 e. The van der Waals surface area contributed by atoms with Crippen LogP contribution in [0, 0.1) is 0 Å². The van der Waals surface area contributed by atoms with Crippen LogP contribution in [-0.2, 0) is 6.61 Å². The molecule has 1 aromatic heterocycles. The average Bonchev–Trinajstić information content (AvgIpc) is 2.88. The third-order valence-corrected chi connectivity index (χ3v) is 4.93. The van der Waals surface area contributed by atoms with Gasteiger partial charge in [-0.15, -0.1) is 0 Å². The highest BCUT2D eigenvalue weighted by Crippen LogP contribution is 2.36. The van der Waals surface area contributed by atoms with Crippen LogP contribution in [0.4, 0.5) is 0 Å². The number of nitrogens with zero attached hydrogens (tertiary/aromatic N) is 2. The van der Waals surface area contributed by atoms with Gasteiger partial charge in [0.25, 0.3) is 5.91 Å². The van der Waals surface area contributed by atoms with E-state index in [-0.39, 0.29) is 11.7 Å². The summed E-state index contributed by atoms with van der Waals surface area (Å²) in [5, 5.41) is 10.3. The second-order valence-electron chi connectivity index (χ2n) is 7.03. The molecule has 2 heterocycles. The summed E-state index contributed by atoms with van der Waals surface area (Å²) in [5.41, 5.74) is 5.44. The van der Waals surface area contributed by atoms with Crippen molar-refractivity contribution in [2.75, 3.05) is 19.5 Å². The van der Waals surface area contributed by atoms with E-state index in [0.717, 1.165) is 22.4 Å². The van der Waals surface area contributed by atoms with E-state index in [1.54, 1.807) is 14.1 Å². The molecule has 1 aliphatic rings. The van der Waals surface area contributed by atoms with Crippen molar-refractivity contribution in [2.45, 2.75) is 12.6 Å². The SMILES string of the molecule is CN(C)C(=O)c1c(O)c(=O)ccn1NC1c2ccccc2COc2ccccc21. The highest BCUT2D eigenvalue weighted by molar-refractivity contribution is 5.94. The first-order chi connectivity index (χ1) is 14.0. The third-order valence-electron chi connectivity index (χ3n) is 4.93. The maximum absolute atomic E-state index is 12.7.